The molecule has 88 valence electrons. The molecule has 0 fully saturated rings. The van der Waals surface area contributed by atoms with E-state index in [1.54, 1.807) is 6.92 Å². The van der Waals surface area contributed by atoms with Crippen LogP contribution in [0.15, 0.2) is 12.2 Å². The van der Waals surface area contributed by atoms with Crippen LogP contribution in [0, 0.1) is 0 Å². The van der Waals surface area contributed by atoms with Crippen molar-refractivity contribution in [3.8, 4) is 0 Å². The summed E-state index contributed by atoms with van der Waals surface area (Å²) in [6, 6.07) is 3.18. The fourth-order valence-corrected chi connectivity index (χ4v) is 3.67. The molecule has 0 aromatic carbocycles. The molecule has 2 nitrogen and oxygen atoms in total. The van der Waals surface area contributed by atoms with Crippen LogP contribution < -0.4 is 0 Å². The largest absolute Gasteiger partial charge is 0.462 e. The second-order valence-corrected chi connectivity index (χ2v) is 10.5. The number of rotatable bonds is 7. The minimum absolute atomic E-state index is 0.301. The van der Waals surface area contributed by atoms with E-state index in [1.165, 1.54) is 0 Å². The molecule has 4 heteroatoms. The maximum Gasteiger partial charge on any atom is 0.333 e. The topological polar surface area (TPSA) is 26.3 Å². The summed E-state index contributed by atoms with van der Waals surface area (Å²) in [6.45, 7) is 9.93. The third kappa shape index (κ3) is 6.00. The van der Waals surface area contributed by atoms with Gasteiger partial charge in [-0.15, -0.1) is 0 Å². The van der Waals surface area contributed by atoms with E-state index in [9.17, 15) is 4.79 Å². The van der Waals surface area contributed by atoms with Gasteiger partial charge in [0.2, 0.25) is 0 Å². The SMILES string of the molecule is C=C(C)C(=O)OCCC[Si](Cl)(CC)CC. The first-order chi connectivity index (χ1) is 6.95. The Morgan fingerprint density at radius 2 is 1.93 bits per heavy atom. The second-order valence-electron chi connectivity index (χ2n) is 3.88. The lowest BCUT2D eigenvalue weighted by molar-refractivity contribution is -0.138. The fraction of sp³-hybridized carbons (Fsp3) is 0.727. The van der Waals surface area contributed by atoms with Crippen LogP contribution in [0.4, 0.5) is 0 Å². The molecule has 0 aromatic rings. The van der Waals surface area contributed by atoms with E-state index in [-0.39, 0.29) is 5.97 Å². The Morgan fingerprint density at radius 1 is 1.40 bits per heavy atom. The van der Waals surface area contributed by atoms with Crippen LogP contribution in [0.2, 0.25) is 18.1 Å². The van der Waals surface area contributed by atoms with E-state index in [4.69, 9.17) is 15.8 Å². The highest BCUT2D eigenvalue weighted by atomic mass is 35.6. The lowest BCUT2D eigenvalue weighted by Crippen LogP contribution is -2.24. The highest BCUT2D eigenvalue weighted by Gasteiger charge is 2.25. The molecule has 0 saturated heterocycles. The van der Waals surface area contributed by atoms with Gasteiger partial charge in [0.15, 0.2) is 7.38 Å². The molecule has 15 heavy (non-hydrogen) atoms. The minimum Gasteiger partial charge on any atom is -0.462 e. The standard InChI is InChI=1S/C11H21ClO2Si/c1-5-15(12,6-2)9-7-8-14-11(13)10(3)4/h3,5-9H2,1-2,4H3. The lowest BCUT2D eigenvalue weighted by atomic mass is 10.4. The number of carbonyl (C=O) groups is 1. The zero-order valence-corrected chi connectivity index (χ0v) is 11.7. The number of hydrogen-bond acceptors (Lipinski definition) is 2. The Hall–Kier alpha value is -0.283. The quantitative estimate of drug-likeness (QED) is 0.226. The van der Waals surface area contributed by atoms with E-state index in [2.05, 4.69) is 20.4 Å². The van der Waals surface area contributed by atoms with Gasteiger partial charge in [0.05, 0.1) is 6.61 Å². The Kier molecular flexibility index (Phi) is 6.93. The third-order valence-electron chi connectivity index (χ3n) is 2.62. The number of carbonyl (C=O) groups excluding carboxylic acids is 1. The van der Waals surface area contributed by atoms with Crippen molar-refractivity contribution in [1.82, 2.24) is 0 Å². The first kappa shape index (κ1) is 14.7. The van der Waals surface area contributed by atoms with Crippen LogP contribution in [0.5, 0.6) is 0 Å². The molecular weight excluding hydrogens is 228 g/mol. The lowest BCUT2D eigenvalue weighted by Gasteiger charge is -2.20. The third-order valence-corrected chi connectivity index (χ3v) is 8.57. The van der Waals surface area contributed by atoms with Gasteiger partial charge < -0.3 is 4.74 Å². The zero-order chi connectivity index (χ0) is 11.9. The second kappa shape index (κ2) is 7.07. The smallest absolute Gasteiger partial charge is 0.333 e. The Morgan fingerprint density at radius 3 is 2.33 bits per heavy atom. The van der Waals surface area contributed by atoms with Gasteiger partial charge >= 0.3 is 5.97 Å². The van der Waals surface area contributed by atoms with Gasteiger partial charge in [-0.05, 0) is 31.5 Å². The molecule has 0 spiro atoms. The highest BCUT2D eigenvalue weighted by molar-refractivity contribution is 7.20. The van der Waals surface area contributed by atoms with Crippen molar-refractivity contribution in [2.24, 2.45) is 0 Å². The van der Waals surface area contributed by atoms with Gasteiger partial charge in [-0.25, -0.2) is 4.79 Å². The maximum atomic E-state index is 11.1. The summed E-state index contributed by atoms with van der Waals surface area (Å²) in [5.41, 5.74) is 0.454. The molecule has 0 aromatic heterocycles. The van der Waals surface area contributed by atoms with E-state index in [0.717, 1.165) is 24.6 Å². The summed E-state index contributed by atoms with van der Waals surface area (Å²) in [7, 11) is -1.54. The molecule has 0 amide bonds. The van der Waals surface area contributed by atoms with Crippen molar-refractivity contribution in [3.05, 3.63) is 12.2 Å². The fourth-order valence-electron chi connectivity index (χ4n) is 1.28. The van der Waals surface area contributed by atoms with Crippen molar-refractivity contribution < 1.29 is 9.53 Å². The summed E-state index contributed by atoms with van der Waals surface area (Å²) < 4.78 is 5.01. The maximum absolute atomic E-state index is 11.1. The summed E-state index contributed by atoms with van der Waals surface area (Å²) >= 11 is 6.47. The van der Waals surface area contributed by atoms with E-state index >= 15 is 0 Å². The molecular formula is C11H21ClO2Si. The van der Waals surface area contributed by atoms with Crippen molar-refractivity contribution in [3.63, 3.8) is 0 Å². The normalized spacial score (nSPS) is 11.2. The predicted molar refractivity (Wildman–Crippen MR) is 67.8 cm³/mol. The van der Waals surface area contributed by atoms with Gasteiger partial charge in [0.1, 0.15) is 0 Å². The Labute approximate surface area is 98.4 Å². The van der Waals surface area contributed by atoms with Gasteiger partial charge in [0, 0.05) is 5.57 Å². The molecule has 0 radical (unpaired) electrons. The first-order valence-electron chi connectivity index (χ1n) is 5.46. The Bertz CT molecular complexity index is 225. The number of hydrogen-bond donors (Lipinski definition) is 0. The summed E-state index contributed by atoms with van der Waals surface area (Å²) in [6.07, 6.45) is 0.871. The average molecular weight is 249 g/mol. The van der Waals surface area contributed by atoms with Crippen molar-refractivity contribution in [1.29, 1.82) is 0 Å². The van der Waals surface area contributed by atoms with Crippen LogP contribution >= 0.6 is 11.1 Å². The molecule has 0 atom stereocenters. The molecule has 0 aliphatic rings. The van der Waals surface area contributed by atoms with Gasteiger partial charge in [0.25, 0.3) is 0 Å². The van der Waals surface area contributed by atoms with E-state index < -0.39 is 7.38 Å². The van der Waals surface area contributed by atoms with Crippen LogP contribution in [0.1, 0.15) is 27.2 Å². The molecule has 0 unspecified atom stereocenters. The molecule has 0 bridgehead atoms. The van der Waals surface area contributed by atoms with E-state index in [1.807, 2.05) is 0 Å². The molecule has 0 aliphatic carbocycles. The van der Waals surface area contributed by atoms with Crippen LogP contribution in [-0.4, -0.2) is 20.0 Å². The molecule has 0 aliphatic heterocycles. The molecule has 0 rings (SSSR count). The summed E-state index contributed by atoms with van der Waals surface area (Å²) in [5.74, 6) is -0.301. The number of ether oxygens (including phenoxy) is 1. The van der Waals surface area contributed by atoms with E-state index in [0.29, 0.717) is 12.2 Å². The minimum atomic E-state index is -1.54. The van der Waals surface area contributed by atoms with Crippen LogP contribution in [0.25, 0.3) is 0 Å². The van der Waals surface area contributed by atoms with Crippen molar-refractivity contribution >= 4 is 24.4 Å². The average Bonchev–Trinajstić information content (AvgIpc) is 2.23. The van der Waals surface area contributed by atoms with Gasteiger partial charge in [-0.1, -0.05) is 20.4 Å². The number of esters is 1. The predicted octanol–water partition coefficient (Wildman–Crippen LogP) is 3.72. The van der Waals surface area contributed by atoms with Crippen molar-refractivity contribution in [2.75, 3.05) is 6.61 Å². The van der Waals surface area contributed by atoms with Crippen LogP contribution in [-0.2, 0) is 9.53 Å². The molecule has 0 saturated carbocycles. The molecule has 0 N–H and O–H groups in total. The van der Waals surface area contributed by atoms with Crippen LogP contribution in [0.3, 0.4) is 0 Å². The summed E-state index contributed by atoms with van der Waals surface area (Å²) in [5, 5.41) is 0. The highest BCUT2D eigenvalue weighted by Crippen LogP contribution is 2.26. The van der Waals surface area contributed by atoms with Gasteiger partial charge in [-0.2, -0.15) is 11.1 Å². The Balaban J connectivity index is 3.71. The number of halogens is 1. The van der Waals surface area contributed by atoms with Crippen molar-refractivity contribution in [2.45, 2.75) is 45.3 Å². The molecule has 0 heterocycles. The zero-order valence-electron chi connectivity index (χ0n) is 9.94. The summed E-state index contributed by atoms with van der Waals surface area (Å²) in [4.78, 5) is 11.1. The van der Waals surface area contributed by atoms with Gasteiger partial charge in [-0.3, -0.25) is 0 Å². The monoisotopic (exact) mass is 248 g/mol. The first-order valence-corrected chi connectivity index (χ1v) is 9.10.